The van der Waals surface area contributed by atoms with Gasteiger partial charge in [0.05, 0.1) is 4.90 Å². The second-order valence-electron chi connectivity index (χ2n) is 5.05. The predicted molar refractivity (Wildman–Crippen MR) is 87.9 cm³/mol. The summed E-state index contributed by atoms with van der Waals surface area (Å²) in [5.74, 6) is -1.09. The monoisotopic (exact) mass is 388 g/mol. The highest BCUT2D eigenvalue weighted by Gasteiger charge is 2.14. The van der Waals surface area contributed by atoms with Crippen molar-refractivity contribution in [3.8, 4) is 5.75 Å². The second-order valence-corrected chi connectivity index (χ2v) is 6.82. The smallest absolute Gasteiger partial charge is 0.387 e. The number of amides is 1. The fourth-order valence-corrected chi connectivity index (χ4v) is 2.97. The Hall–Kier alpha value is -2.59. The van der Waals surface area contributed by atoms with Crippen molar-refractivity contribution in [3.05, 3.63) is 54.3 Å². The minimum Gasteiger partial charge on any atom is -0.435 e. The first kappa shape index (κ1) is 19.7. The second kappa shape index (κ2) is 8.68. The topological polar surface area (TPSA) is 84.5 Å². The molecule has 0 saturated heterocycles. The Morgan fingerprint density at radius 3 is 2.23 bits per heavy atom. The molecule has 140 valence electrons. The molecule has 0 aliphatic rings. The molecule has 0 aliphatic heterocycles. The SMILES string of the molecule is O=C(CCNS(=O)(=O)c1ccc(F)cc1)Nc1ccc(OC(F)F)cc1. The van der Waals surface area contributed by atoms with Crippen molar-refractivity contribution in [2.45, 2.75) is 17.9 Å². The van der Waals surface area contributed by atoms with Crippen LogP contribution in [-0.2, 0) is 14.8 Å². The quantitative estimate of drug-likeness (QED) is 0.728. The van der Waals surface area contributed by atoms with Gasteiger partial charge in [0.1, 0.15) is 11.6 Å². The van der Waals surface area contributed by atoms with E-state index in [4.69, 9.17) is 0 Å². The lowest BCUT2D eigenvalue weighted by molar-refractivity contribution is -0.116. The number of rotatable bonds is 8. The molecule has 0 spiro atoms. The Morgan fingerprint density at radius 2 is 1.65 bits per heavy atom. The van der Waals surface area contributed by atoms with Crippen molar-refractivity contribution in [2.24, 2.45) is 0 Å². The highest BCUT2D eigenvalue weighted by atomic mass is 32.2. The Bertz CT molecular complexity index is 841. The van der Waals surface area contributed by atoms with E-state index in [2.05, 4.69) is 14.8 Å². The lowest BCUT2D eigenvalue weighted by Crippen LogP contribution is -2.27. The van der Waals surface area contributed by atoms with Gasteiger partial charge in [-0.2, -0.15) is 8.78 Å². The third-order valence-corrected chi connectivity index (χ3v) is 4.61. The number of anilines is 1. The maximum Gasteiger partial charge on any atom is 0.387 e. The third kappa shape index (κ3) is 6.05. The van der Waals surface area contributed by atoms with Gasteiger partial charge >= 0.3 is 6.61 Å². The van der Waals surface area contributed by atoms with Crippen LogP contribution in [0.2, 0.25) is 0 Å². The fraction of sp³-hybridized carbons (Fsp3) is 0.188. The van der Waals surface area contributed by atoms with Crippen molar-refractivity contribution in [1.29, 1.82) is 0 Å². The van der Waals surface area contributed by atoms with Crippen molar-refractivity contribution in [2.75, 3.05) is 11.9 Å². The molecule has 0 unspecified atom stereocenters. The van der Waals surface area contributed by atoms with Crippen LogP contribution in [0.5, 0.6) is 5.75 Å². The Labute approximate surface area is 148 Å². The zero-order chi connectivity index (χ0) is 19.2. The first-order chi connectivity index (χ1) is 12.3. The molecule has 1 amide bonds. The first-order valence-corrected chi connectivity index (χ1v) is 8.84. The van der Waals surface area contributed by atoms with Gasteiger partial charge in [-0.15, -0.1) is 0 Å². The van der Waals surface area contributed by atoms with Crippen LogP contribution in [0.1, 0.15) is 6.42 Å². The van der Waals surface area contributed by atoms with Gasteiger partial charge < -0.3 is 10.1 Å². The number of carbonyl (C=O) groups is 1. The summed E-state index contributed by atoms with van der Waals surface area (Å²) in [5, 5.41) is 2.49. The molecule has 2 aromatic carbocycles. The molecule has 26 heavy (non-hydrogen) atoms. The summed E-state index contributed by atoms with van der Waals surface area (Å²) in [6.45, 7) is -3.11. The number of hydrogen-bond acceptors (Lipinski definition) is 4. The van der Waals surface area contributed by atoms with Crippen LogP contribution >= 0.6 is 0 Å². The number of alkyl halides is 2. The van der Waals surface area contributed by atoms with E-state index in [1.54, 1.807) is 0 Å². The van der Waals surface area contributed by atoms with Gasteiger partial charge in [0.15, 0.2) is 0 Å². The molecular weight excluding hydrogens is 373 g/mol. The molecule has 10 heteroatoms. The average molecular weight is 388 g/mol. The molecule has 2 N–H and O–H groups in total. The summed E-state index contributed by atoms with van der Waals surface area (Å²) >= 11 is 0. The normalized spacial score (nSPS) is 11.4. The largest absolute Gasteiger partial charge is 0.435 e. The van der Waals surface area contributed by atoms with Gasteiger partial charge in [-0.3, -0.25) is 4.79 Å². The van der Waals surface area contributed by atoms with Crippen LogP contribution < -0.4 is 14.8 Å². The van der Waals surface area contributed by atoms with E-state index < -0.39 is 28.4 Å². The number of hydrogen-bond donors (Lipinski definition) is 2. The number of sulfonamides is 1. The van der Waals surface area contributed by atoms with Crippen molar-refractivity contribution >= 4 is 21.6 Å². The zero-order valence-corrected chi connectivity index (χ0v) is 14.1. The van der Waals surface area contributed by atoms with Gasteiger partial charge in [0, 0.05) is 18.7 Å². The Kier molecular flexibility index (Phi) is 6.58. The van der Waals surface area contributed by atoms with E-state index in [0.717, 1.165) is 24.3 Å². The standard InChI is InChI=1S/C16H15F3N2O4S/c17-11-1-7-14(8-2-11)26(23,24)20-10-9-15(22)21-12-3-5-13(6-4-12)25-16(18)19/h1-8,16,20H,9-10H2,(H,21,22). The van der Waals surface area contributed by atoms with Crippen LogP contribution in [0.3, 0.4) is 0 Å². The molecule has 0 fully saturated rings. The molecule has 0 radical (unpaired) electrons. The number of benzene rings is 2. The van der Waals surface area contributed by atoms with Gasteiger partial charge in [0.2, 0.25) is 15.9 Å². The van der Waals surface area contributed by atoms with E-state index in [0.29, 0.717) is 5.69 Å². The molecule has 0 bridgehead atoms. The Morgan fingerprint density at radius 1 is 1.04 bits per heavy atom. The highest BCUT2D eigenvalue weighted by Crippen LogP contribution is 2.17. The summed E-state index contributed by atoms with van der Waals surface area (Å²) in [7, 11) is -3.85. The molecule has 0 aromatic heterocycles. The van der Waals surface area contributed by atoms with Gasteiger partial charge in [-0.25, -0.2) is 17.5 Å². The summed E-state index contributed by atoms with van der Waals surface area (Å²) in [6.07, 6.45) is -0.157. The predicted octanol–water partition coefficient (Wildman–Crippen LogP) is 2.73. The van der Waals surface area contributed by atoms with Crippen LogP contribution in [0.15, 0.2) is 53.4 Å². The number of halogens is 3. The minimum absolute atomic E-state index is 0.0509. The van der Waals surface area contributed by atoms with E-state index in [9.17, 15) is 26.4 Å². The molecule has 2 aromatic rings. The maximum absolute atomic E-state index is 12.8. The van der Waals surface area contributed by atoms with Crippen molar-refractivity contribution in [3.63, 3.8) is 0 Å². The molecule has 0 heterocycles. The Balaban J connectivity index is 1.82. The minimum atomic E-state index is -3.85. The van der Waals surface area contributed by atoms with Crippen LogP contribution in [-0.4, -0.2) is 27.5 Å². The van der Waals surface area contributed by atoms with Crippen molar-refractivity contribution < 1.29 is 31.1 Å². The van der Waals surface area contributed by atoms with E-state index in [-0.39, 0.29) is 23.6 Å². The lowest BCUT2D eigenvalue weighted by Gasteiger charge is -2.09. The molecule has 0 atom stereocenters. The van der Waals surface area contributed by atoms with E-state index >= 15 is 0 Å². The summed E-state index contributed by atoms with van der Waals surface area (Å²) in [5.41, 5.74) is 0.345. The maximum atomic E-state index is 12.8. The summed E-state index contributed by atoms with van der Waals surface area (Å²) in [4.78, 5) is 11.7. The van der Waals surface area contributed by atoms with Gasteiger partial charge in [-0.05, 0) is 48.5 Å². The number of carbonyl (C=O) groups excluding carboxylic acids is 1. The van der Waals surface area contributed by atoms with Crippen molar-refractivity contribution in [1.82, 2.24) is 4.72 Å². The number of nitrogens with one attached hydrogen (secondary N) is 2. The van der Waals surface area contributed by atoms with Crippen LogP contribution in [0, 0.1) is 5.82 Å². The molecule has 0 saturated carbocycles. The summed E-state index contributed by atoms with van der Waals surface area (Å²) in [6, 6.07) is 9.53. The van der Waals surface area contributed by atoms with Crippen LogP contribution in [0.4, 0.5) is 18.9 Å². The average Bonchev–Trinajstić information content (AvgIpc) is 2.56. The highest BCUT2D eigenvalue weighted by molar-refractivity contribution is 7.89. The molecular formula is C16H15F3N2O4S. The zero-order valence-electron chi connectivity index (χ0n) is 13.3. The fourth-order valence-electron chi connectivity index (χ4n) is 1.94. The lowest BCUT2D eigenvalue weighted by atomic mass is 10.3. The third-order valence-electron chi connectivity index (χ3n) is 3.13. The number of ether oxygens (including phenoxy) is 1. The van der Waals surface area contributed by atoms with E-state index in [1.807, 2.05) is 0 Å². The molecule has 2 rings (SSSR count). The van der Waals surface area contributed by atoms with E-state index in [1.165, 1.54) is 24.3 Å². The molecule has 0 aliphatic carbocycles. The summed E-state index contributed by atoms with van der Waals surface area (Å²) < 4.78 is 67.2. The van der Waals surface area contributed by atoms with Crippen LogP contribution in [0.25, 0.3) is 0 Å². The molecule has 6 nitrogen and oxygen atoms in total. The first-order valence-electron chi connectivity index (χ1n) is 7.36. The van der Waals surface area contributed by atoms with Gasteiger partial charge in [0.25, 0.3) is 0 Å². The van der Waals surface area contributed by atoms with Gasteiger partial charge in [-0.1, -0.05) is 0 Å².